The van der Waals surface area contributed by atoms with Crippen LogP contribution in [0.2, 0.25) is 19.6 Å². The van der Waals surface area contributed by atoms with Gasteiger partial charge < -0.3 is 4.80 Å². The second-order valence-corrected chi connectivity index (χ2v) is 6.51. The van der Waals surface area contributed by atoms with E-state index in [1.54, 1.807) is 0 Å². The summed E-state index contributed by atoms with van der Waals surface area (Å²) < 4.78 is 0. The quantitative estimate of drug-likeness (QED) is 0.564. The van der Waals surface area contributed by atoms with E-state index in [0.717, 1.165) is 0 Å². The van der Waals surface area contributed by atoms with Crippen LogP contribution in [-0.4, -0.2) is 13.1 Å². The summed E-state index contributed by atoms with van der Waals surface area (Å²) in [6.07, 6.45) is 0. The van der Waals surface area contributed by atoms with Gasteiger partial charge in [-0.3, -0.25) is 0 Å². The molecule has 1 N–H and O–H groups in total. The van der Waals surface area contributed by atoms with Gasteiger partial charge in [-0.1, -0.05) is 0 Å². The van der Waals surface area contributed by atoms with E-state index in [-0.39, 0.29) is 19.5 Å². The van der Waals surface area contributed by atoms with Crippen molar-refractivity contribution < 1.29 is 24.3 Å². The van der Waals surface area contributed by atoms with E-state index in [1.165, 1.54) is 0 Å². The Morgan fingerprint density at radius 1 is 1.17 bits per heavy atom. The Bertz CT molecular complexity index is 26.3. The molecule has 41 valence electrons. The van der Waals surface area contributed by atoms with Crippen LogP contribution in [0.3, 0.4) is 0 Å². The van der Waals surface area contributed by atoms with Gasteiger partial charge in [-0.25, -0.2) is 0 Å². The molecule has 0 aromatic heterocycles. The SMILES string of the molecule is C[Si](C)(C)O.[Rh]. The molecule has 0 aliphatic rings. The Morgan fingerprint density at radius 2 is 1.17 bits per heavy atom. The van der Waals surface area contributed by atoms with Gasteiger partial charge in [0.1, 0.15) is 0 Å². The fourth-order valence-corrected chi connectivity index (χ4v) is 0. The Balaban J connectivity index is 0. The van der Waals surface area contributed by atoms with Gasteiger partial charge in [0.05, 0.1) is 0 Å². The Labute approximate surface area is 52.7 Å². The van der Waals surface area contributed by atoms with E-state index >= 15 is 0 Å². The number of hydrogen-bond donors (Lipinski definition) is 1. The van der Waals surface area contributed by atoms with Crippen molar-refractivity contribution >= 4 is 8.32 Å². The first kappa shape index (κ1) is 9.93. The molecule has 0 aromatic carbocycles. The molecule has 0 heterocycles. The molecule has 0 unspecified atom stereocenters. The minimum absolute atomic E-state index is 0. The van der Waals surface area contributed by atoms with Gasteiger partial charge in [-0.05, 0) is 19.6 Å². The summed E-state index contributed by atoms with van der Waals surface area (Å²) in [5.41, 5.74) is 0. The molecule has 0 aromatic rings. The Morgan fingerprint density at radius 3 is 1.17 bits per heavy atom. The van der Waals surface area contributed by atoms with Crippen LogP contribution >= 0.6 is 0 Å². The maximum Gasteiger partial charge on any atom is 0.179 e. The zero-order chi connectivity index (χ0) is 4.50. The molecule has 0 fully saturated rings. The average Bonchev–Trinajstić information content (AvgIpc) is 0.722. The third kappa shape index (κ3) is 108. The van der Waals surface area contributed by atoms with Crippen molar-refractivity contribution in [3.63, 3.8) is 0 Å². The standard InChI is InChI=1S/C3H10OSi.Rh/c1-5(2,3)4;/h4H,1-3H3;. The smallest absolute Gasteiger partial charge is 0.179 e. The van der Waals surface area contributed by atoms with E-state index in [1.807, 2.05) is 19.6 Å². The van der Waals surface area contributed by atoms with Crippen molar-refractivity contribution in [2.75, 3.05) is 0 Å². The minimum Gasteiger partial charge on any atom is -0.433 e. The summed E-state index contributed by atoms with van der Waals surface area (Å²) in [7, 11) is -1.61. The van der Waals surface area contributed by atoms with Gasteiger partial charge in [0.15, 0.2) is 8.32 Å². The van der Waals surface area contributed by atoms with Crippen molar-refractivity contribution in [3.05, 3.63) is 0 Å². The van der Waals surface area contributed by atoms with E-state index in [2.05, 4.69) is 0 Å². The predicted molar refractivity (Wildman–Crippen MR) is 25.6 cm³/mol. The maximum absolute atomic E-state index is 8.66. The summed E-state index contributed by atoms with van der Waals surface area (Å²) in [6, 6.07) is 0. The Kier molecular flexibility index (Phi) is 4.78. The monoisotopic (exact) mass is 193 g/mol. The zero-order valence-corrected chi connectivity index (χ0v) is 6.92. The molecular weight excluding hydrogens is 183 g/mol. The fraction of sp³-hybridized carbons (Fsp3) is 1.00. The van der Waals surface area contributed by atoms with Crippen molar-refractivity contribution in [2.24, 2.45) is 0 Å². The summed E-state index contributed by atoms with van der Waals surface area (Å²) in [4.78, 5) is 8.66. The van der Waals surface area contributed by atoms with Crippen LogP contribution in [0, 0.1) is 0 Å². The van der Waals surface area contributed by atoms with Gasteiger partial charge in [-0.2, -0.15) is 0 Å². The van der Waals surface area contributed by atoms with Crippen LogP contribution in [0.4, 0.5) is 0 Å². The van der Waals surface area contributed by atoms with Gasteiger partial charge in [-0.15, -0.1) is 0 Å². The number of hydrogen-bond acceptors (Lipinski definition) is 1. The van der Waals surface area contributed by atoms with Crippen LogP contribution < -0.4 is 0 Å². The fourth-order valence-electron chi connectivity index (χ4n) is 0. The normalized spacial score (nSPS) is 10.0. The first-order valence-electron chi connectivity index (χ1n) is 1.72. The van der Waals surface area contributed by atoms with Crippen LogP contribution in [-0.2, 0) is 19.5 Å². The van der Waals surface area contributed by atoms with Gasteiger partial charge in [0.2, 0.25) is 0 Å². The van der Waals surface area contributed by atoms with E-state index < -0.39 is 8.32 Å². The van der Waals surface area contributed by atoms with Crippen molar-refractivity contribution in [2.45, 2.75) is 19.6 Å². The first-order valence-corrected chi connectivity index (χ1v) is 5.17. The summed E-state index contributed by atoms with van der Waals surface area (Å²) in [5, 5.41) is 0. The molecule has 6 heavy (non-hydrogen) atoms. The molecular formula is C3H10ORhSi. The van der Waals surface area contributed by atoms with Gasteiger partial charge >= 0.3 is 0 Å². The molecule has 0 rings (SSSR count). The first-order chi connectivity index (χ1) is 2.00. The molecule has 0 bridgehead atoms. The van der Waals surface area contributed by atoms with Crippen LogP contribution in [0.25, 0.3) is 0 Å². The number of rotatable bonds is 0. The average molecular weight is 193 g/mol. The van der Waals surface area contributed by atoms with E-state index in [4.69, 9.17) is 4.80 Å². The molecule has 0 aliphatic heterocycles. The largest absolute Gasteiger partial charge is 0.433 e. The van der Waals surface area contributed by atoms with Crippen molar-refractivity contribution in [3.8, 4) is 0 Å². The Hall–Kier alpha value is 0.800. The van der Waals surface area contributed by atoms with Crippen molar-refractivity contribution in [1.82, 2.24) is 0 Å². The molecule has 0 aliphatic carbocycles. The van der Waals surface area contributed by atoms with Crippen LogP contribution in [0.1, 0.15) is 0 Å². The van der Waals surface area contributed by atoms with E-state index in [9.17, 15) is 0 Å². The molecule has 0 saturated carbocycles. The molecule has 0 saturated heterocycles. The molecule has 0 amide bonds. The van der Waals surface area contributed by atoms with E-state index in [0.29, 0.717) is 0 Å². The zero-order valence-electron chi connectivity index (χ0n) is 4.28. The van der Waals surface area contributed by atoms with Crippen LogP contribution in [0.5, 0.6) is 0 Å². The molecule has 0 spiro atoms. The summed E-state index contributed by atoms with van der Waals surface area (Å²) in [6.45, 7) is 5.65. The second kappa shape index (κ2) is 2.89. The molecule has 0 atom stereocenters. The third-order valence-corrected chi connectivity index (χ3v) is 0. The van der Waals surface area contributed by atoms with Crippen molar-refractivity contribution in [1.29, 1.82) is 0 Å². The van der Waals surface area contributed by atoms with Gasteiger partial charge in [0, 0.05) is 19.5 Å². The molecule has 1 radical (unpaired) electrons. The predicted octanol–water partition coefficient (Wildman–Crippen LogP) is 0.811. The topological polar surface area (TPSA) is 20.2 Å². The maximum atomic E-state index is 8.66. The minimum atomic E-state index is -1.61. The second-order valence-electron chi connectivity index (χ2n) is 2.17. The van der Waals surface area contributed by atoms with Gasteiger partial charge in [0.25, 0.3) is 0 Å². The summed E-state index contributed by atoms with van der Waals surface area (Å²) in [5.74, 6) is 0. The third-order valence-electron chi connectivity index (χ3n) is 0. The molecule has 1 nitrogen and oxygen atoms in total. The van der Waals surface area contributed by atoms with Crippen LogP contribution in [0.15, 0.2) is 0 Å². The molecule has 3 heteroatoms. The summed E-state index contributed by atoms with van der Waals surface area (Å²) >= 11 is 0.